The molecule has 1 unspecified atom stereocenters. The van der Waals surface area contributed by atoms with Crippen molar-refractivity contribution in [2.24, 2.45) is 0 Å². The number of aromatic nitrogens is 2. The van der Waals surface area contributed by atoms with Crippen molar-refractivity contribution in [1.29, 1.82) is 0 Å². The first kappa shape index (κ1) is 22.9. The van der Waals surface area contributed by atoms with Crippen LogP contribution in [0.4, 0.5) is 0 Å². The normalized spacial score (nSPS) is 26.0. The molecule has 7 N–H and O–H groups in total. The number of amides is 1. The van der Waals surface area contributed by atoms with Crippen LogP contribution in [0.25, 0.3) is 0 Å². The summed E-state index contributed by atoms with van der Waals surface area (Å²) in [4.78, 5) is 56.1. The van der Waals surface area contributed by atoms with Gasteiger partial charge in [0, 0.05) is 12.3 Å². The second-order valence-corrected chi connectivity index (χ2v) is 7.50. The number of ether oxygens (including phenoxy) is 1. The highest BCUT2D eigenvalue weighted by Gasteiger charge is 2.45. The molecule has 1 aromatic rings. The standard InChI is InChI=1S/C13H19N4O11P/c18-7-1-2-17(13(24)16-7)12-11(23)10(22)6(28-12)5-27-29(25,26)15-3-8(19)14-4-9(20)21/h1-2,6,10-12,22-23H,3-5H2,(H,14,19)(H,20,21)(H2,15,25,26)(H,16,18,24)/t6-,10-,11-,12-/m1/s1. The van der Waals surface area contributed by atoms with Gasteiger partial charge in [-0.1, -0.05) is 0 Å². The van der Waals surface area contributed by atoms with E-state index in [1.165, 1.54) is 0 Å². The summed E-state index contributed by atoms with van der Waals surface area (Å²) in [5.74, 6) is -2.18. The quantitative estimate of drug-likeness (QED) is 0.183. The molecule has 16 heteroatoms. The Kier molecular flexibility index (Phi) is 7.43. The number of carboxylic acids is 1. The smallest absolute Gasteiger partial charge is 0.403 e. The molecule has 0 aliphatic carbocycles. The van der Waals surface area contributed by atoms with Gasteiger partial charge < -0.3 is 30.3 Å². The van der Waals surface area contributed by atoms with E-state index in [9.17, 15) is 38.8 Å². The van der Waals surface area contributed by atoms with Crippen LogP contribution in [0.3, 0.4) is 0 Å². The van der Waals surface area contributed by atoms with E-state index < -0.39 is 75.1 Å². The Bertz CT molecular complexity index is 915. The van der Waals surface area contributed by atoms with E-state index in [1.807, 2.05) is 15.4 Å². The second-order valence-electron chi connectivity index (χ2n) is 5.89. The number of nitrogens with zero attached hydrogens (tertiary/aromatic N) is 1. The van der Waals surface area contributed by atoms with Gasteiger partial charge in [0.2, 0.25) is 5.91 Å². The largest absolute Gasteiger partial charge is 0.480 e. The SMILES string of the molecule is O=C(O)CNC(=O)CNP(=O)(O)OC[C@H]1O[C@@H](n2ccc(=O)[nH]c2=O)[C@H](O)[C@@H]1O. The first-order chi connectivity index (χ1) is 13.5. The number of aromatic amines is 1. The minimum atomic E-state index is -4.55. The molecule has 0 aromatic carbocycles. The van der Waals surface area contributed by atoms with Crippen molar-refractivity contribution in [2.45, 2.75) is 24.5 Å². The van der Waals surface area contributed by atoms with Gasteiger partial charge >= 0.3 is 19.4 Å². The number of nitrogens with one attached hydrogen (secondary N) is 3. The number of aliphatic hydroxyl groups excluding tert-OH is 2. The molecule has 2 rings (SSSR count). The molecule has 15 nitrogen and oxygen atoms in total. The fourth-order valence-corrected chi connectivity index (χ4v) is 3.14. The molecule has 5 atom stereocenters. The van der Waals surface area contributed by atoms with E-state index in [1.54, 1.807) is 0 Å². The van der Waals surface area contributed by atoms with Gasteiger partial charge in [-0.25, -0.2) is 14.4 Å². The Hall–Kier alpha value is -2.39. The number of carbonyl (C=O) groups excluding carboxylic acids is 1. The number of H-pyrrole nitrogens is 1. The molecule has 1 amide bonds. The molecule has 0 bridgehead atoms. The van der Waals surface area contributed by atoms with E-state index in [0.29, 0.717) is 0 Å². The van der Waals surface area contributed by atoms with Crippen LogP contribution in [0.15, 0.2) is 21.9 Å². The molecular formula is C13H19N4O11P. The molecule has 1 fully saturated rings. The predicted molar refractivity (Wildman–Crippen MR) is 91.7 cm³/mol. The second kappa shape index (κ2) is 9.41. The molecule has 2 heterocycles. The molecule has 0 radical (unpaired) electrons. The summed E-state index contributed by atoms with van der Waals surface area (Å²) in [6.07, 6.45) is -4.88. The lowest BCUT2D eigenvalue weighted by atomic mass is 10.1. The van der Waals surface area contributed by atoms with E-state index in [-0.39, 0.29) is 0 Å². The third kappa shape index (κ3) is 6.30. The van der Waals surface area contributed by atoms with E-state index in [4.69, 9.17) is 14.4 Å². The van der Waals surface area contributed by atoms with Crippen LogP contribution >= 0.6 is 7.75 Å². The number of rotatable bonds is 9. The van der Waals surface area contributed by atoms with Crippen molar-refractivity contribution < 1.29 is 43.6 Å². The number of aliphatic carboxylic acids is 1. The van der Waals surface area contributed by atoms with Crippen LogP contribution < -0.4 is 21.7 Å². The van der Waals surface area contributed by atoms with Gasteiger partial charge in [-0.2, -0.15) is 0 Å². The fraction of sp³-hybridized carbons (Fsp3) is 0.538. The molecule has 1 aliphatic rings. The zero-order valence-corrected chi connectivity index (χ0v) is 15.5. The van der Waals surface area contributed by atoms with Crippen LogP contribution in [0.1, 0.15) is 6.23 Å². The van der Waals surface area contributed by atoms with Crippen molar-refractivity contribution in [3.8, 4) is 0 Å². The highest BCUT2D eigenvalue weighted by atomic mass is 31.2. The topological polar surface area (TPSA) is 230 Å². The zero-order valence-electron chi connectivity index (χ0n) is 14.6. The number of aliphatic hydroxyl groups is 2. The predicted octanol–water partition coefficient (Wildman–Crippen LogP) is -3.94. The fourth-order valence-electron chi connectivity index (χ4n) is 2.35. The first-order valence-corrected chi connectivity index (χ1v) is 9.62. The Labute approximate surface area is 161 Å². The maximum absolute atomic E-state index is 11.9. The summed E-state index contributed by atoms with van der Waals surface area (Å²) < 4.78 is 22.7. The molecule has 1 aliphatic heterocycles. The summed E-state index contributed by atoms with van der Waals surface area (Å²) in [7, 11) is -4.55. The van der Waals surface area contributed by atoms with Crippen LogP contribution in [0.5, 0.6) is 0 Å². The third-order valence-electron chi connectivity index (χ3n) is 3.75. The van der Waals surface area contributed by atoms with Crippen LogP contribution in [-0.2, 0) is 23.4 Å². The average Bonchev–Trinajstić information content (AvgIpc) is 2.91. The van der Waals surface area contributed by atoms with Gasteiger partial charge in [0.15, 0.2) is 6.23 Å². The van der Waals surface area contributed by atoms with Gasteiger partial charge in [0.05, 0.1) is 13.2 Å². The first-order valence-electron chi connectivity index (χ1n) is 8.04. The minimum absolute atomic E-state index is 0.678. The lowest BCUT2D eigenvalue weighted by Gasteiger charge is -2.18. The Morgan fingerprint density at radius 1 is 1.28 bits per heavy atom. The number of carbonyl (C=O) groups is 2. The minimum Gasteiger partial charge on any atom is -0.480 e. The monoisotopic (exact) mass is 438 g/mol. The van der Waals surface area contributed by atoms with Gasteiger partial charge in [-0.05, 0) is 0 Å². The third-order valence-corrected chi connectivity index (χ3v) is 4.81. The zero-order chi connectivity index (χ0) is 21.8. The van der Waals surface area contributed by atoms with Crippen molar-refractivity contribution in [3.05, 3.63) is 33.1 Å². The maximum Gasteiger partial charge on any atom is 0.403 e. The summed E-state index contributed by atoms with van der Waals surface area (Å²) in [5.41, 5.74) is -1.59. The number of carboxylic acid groups (broad SMARTS) is 1. The van der Waals surface area contributed by atoms with Gasteiger partial charge in [-0.3, -0.25) is 28.5 Å². The lowest BCUT2D eigenvalue weighted by molar-refractivity contribution is -0.137. The van der Waals surface area contributed by atoms with Crippen LogP contribution in [0.2, 0.25) is 0 Å². The molecule has 29 heavy (non-hydrogen) atoms. The van der Waals surface area contributed by atoms with Crippen LogP contribution in [-0.4, -0.2) is 79.6 Å². The van der Waals surface area contributed by atoms with Crippen molar-refractivity contribution in [3.63, 3.8) is 0 Å². The molecule has 162 valence electrons. The summed E-state index contributed by atoms with van der Waals surface area (Å²) in [6, 6.07) is 0.995. The highest BCUT2D eigenvalue weighted by Crippen LogP contribution is 2.38. The van der Waals surface area contributed by atoms with E-state index in [0.717, 1.165) is 16.8 Å². The average molecular weight is 438 g/mol. The van der Waals surface area contributed by atoms with Crippen molar-refractivity contribution >= 4 is 19.6 Å². The van der Waals surface area contributed by atoms with Gasteiger partial charge in [0.25, 0.3) is 5.56 Å². The molecule has 0 spiro atoms. The summed E-state index contributed by atoms with van der Waals surface area (Å²) in [5, 5.41) is 32.3. The van der Waals surface area contributed by atoms with Crippen molar-refractivity contribution in [1.82, 2.24) is 20.0 Å². The van der Waals surface area contributed by atoms with Gasteiger partial charge in [-0.15, -0.1) is 0 Å². The van der Waals surface area contributed by atoms with E-state index in [2.05, 4.69) is 0 Å². The number of hydrogen-bond donors (Lipinski definition) is 7. The molecular weight excluding hydrogens is 419 g/mol. The summed E-state index contributed by atoms with van der Waals surface area (Å²) >= 11 is 0. The summed E-state index contributed by atoms with van der Waals surface area (Å²) in [6.45, 7) is -2.11. The highest BCUT2D eigenvalue weighted by molar-refractivity contribution is 7.50. The molecule has 1 saturated heterocycles. The lowest BCUT2D eigenvalue weighted by Crippen LogP contribution is -2.38. The van der Waals surface area contributed by atoms with Crippen LogP contribution in [0, 0.1) is 0 Å². The molecule has 0 saturated carbocycles. The number of hydrogen-bond acceptors (Lipinski definition) is 9. The van der Waals surface area contributed by atoms with Gasteiger partial charge in [0.1, 0.15) is 24.9 Å². The van der Waals surface area contributed by atoms with E-state index >= 15 is 0 Å². The molecule has 1 aromatic heterocycles. The Morgan fingerprint density at radius 2 is 1.97 bits per heavy atom. The Balaban J connectivity index is 1.92. The Morgan fingerprint density at radius 3 is 2.59 bits per heavy atom. The van der Waals surface area contributed by atoms with Crippen molar-refractivity contribution in [2.75, 3.05) is 19.7 Å². The maximum atomic E-state index is 11.9.